The highest BCUT2D eigenvalue weighted by Crippen LogP contribution is 2.26. The fourth-order valence-corrected chi connectivity index (χ4v) is 2.09. The van der Waals surface area contributed by atoms with Gasteiger partial charge in [0.15, 0.2) is 5.69 Å². The van der Waals surface area contributed by atoms with Gasteiger partial charge >= 0.3 is 12.1 Å². The van der Waals surface area contributed by atoms with Gasteiger partial charge in [0.1, 0.15) is 10.6 Å². The van der Waals surface area contributed by atoms with Gasteiger partial charge in [0.25, 0.3) is 0 Å². The number of carbonyl (C=O) groups excluding carboxylic acids is 1. The van der Waals surface area contributed by atoms with Crippen LogP contribution in [0.25, 0.3) is 0 Å². The second-order valence-electron chi connectivity index (χ2n) is 4.54. The van der Waals surface area contributed by atoms with Crippen molar-refractivity contribution < 1.29 is 19.4 Å². The Kier molecular flexibility index (Phi) is 4.28. The summed E-state index contributed by atoms with van der Waals surface area (Å²) in [5.74, 6) is -1.16. The number of aromatic carboxylic acids is 1. The summed E-state index contributed by atoms with van der Waals surface area (Å²) in [5.41, 5.74) is 0.636. The lowest BCUT2D eigenvalue weighted by molar-refractivity contribution is 0.0583. The van der Waals surface area contributed by atoms with E-state index >= 15 is 0 Å². The van der Waals surface area contributed by atoms with Gasteiger partial charge in [0.05, 0.1) is 5.51 Å². The molecule has 0 aromatic carbocycles. The molecule has 0 saturated carbocycles. The average molecular weight is 272 g/mol. The first-order chi connectivity index (χ1) is 8.26. The van der Waals surface area contributed by atoms with Crippen molar-refractivity contribution in [3.63, 3.8) is 0 Å². The molecule has 1 heterocycles. The van der Waals surface area contributed by atoms with Crippen molar-refractivity contribution in [3.8, 4) is 0 Å². The van der Waals surface area contributed by atoms with Gasteiger partial charge in [-0.3, -0.25) is 4.90 Å². The van der Waals surface area contributed by atoms with Crippen LogP contribution in [-0.2, 0) is 4.74 Å². The summed E-state index contributed by atoms with van der Waals surface area (Å²) in [6.45, 7) is 7.32. The summed E-state index contributed by atoms with van der Waals surface area (Å²) in [7, 11) is 0. The number of hydrogen-bond acceptors (Lipinski definition) is 5. The molecule has 1 rings (SSSR count). The van der Waals surface area contributed by atoms with Gasteiger partial charge in [-0.25, -0.2) is 14.6 Å². The van der Waals surface area contributed by atoms with E-state index in [0.29, 0.717) is 11.5 Å². The third-order valence-corrected chi connectivity index (χ3v) is 2.77. The zero-order valence-corrected chi connectivity index (χ0v) is 11.6. The van der Waals surface area contributed by atoms with Crippen LogP contribution < -0.4 is 4.90 Å². The number of carboxylic acid groups (broad SMARTS) is 1. The summed E-state index contributed by atoms with van der Waals surface area (Å²) in [6.07, 6.45) is -0.572. The van der Waals surface area contributed by atoms with E-state index in [9.17, 15) is 9.59 Å². The van der Waals surface area contributed by atoms with Crippen molar-refractivity contribution in [1.29, 1.82) is 0 Å². The summed E-state index contributed by atoms with van der Waals surface area (Å²) >= 11 is 1.10. The number of carbonyl (C=O) groups is 2. The average Bonchev–Trinajstić information content (AvgIpc) is 2.64. The Morgan fingerprint density at radius 1 is 1.50 bits per heavy atom. The van der Waals surface area contributed by atoms with Gasteiger partial charge in [-0.15, -0.1) is 11.3 Å². The predicted octanol–water partition coefficient (Wildman–Crippen LogP) is 2.60. The van der Waals surface area contributed by atoms with E-state index in [1.807, 2.05) is 0 Å². The number of amides is 1. The first-order valence-electron chi connectivity index (χ1n) is 5.43. The number of nitrogens with zero attached hydrogens (tertiary/aromatic N) is 2. The van der Waals surface area contributed by atoms with Gasteiger partial charge in [-0.1, -0.05) is 0 Å². The Bertz CT molecular complexity index is 450. The molecule has 7 heteroatoms. The second-order valence-corrected chi connectivity index (χ2v) is 5.37. The van der Waals surface area contributed by atoms with Crippen molar-refractivity contribution in [2.75, 3.05) is 11.4 Å². The molecule has 0 atom stereocenters. The van der Waals surface area contributed by atoms with Crippen LogP contribution in [0.2, 0.25) is 0 Å². The van der Waals surface area contributed by atoms with Gasteiger partial charge < -0.3 is 9.84 Å². The normalized spacial score (nSPS) is 11.1. The third-order valence-electron chi connectivity index (χ3n) is 1.93. The highest BCUT2D eigenvalue weighted by atomic mass is 32.1. The van der Waals surface area contributed by atoms with Crippen LogP contribution in [0.15, 0.2) is 5.51 Å². The Balaban J connectivity index is 2.99. The molecular weight excluding hydrogens is 256 g/mol. The SMILES string of the molecule is CCN(C(=O)OC(C)(C)C)c1scnc1C(=O)O. The number of ether oxygens (including phenoxy) is 1. The highest BCUT2D eigenvalue weighted by Gasteiger charge is 2.27. The molecule has 6 nitrogen and oxygen atoms in total. The number of anilines is 1. The van der Waals surface area contributed by atoms with Gasteiger partial charge in [-0.2, -0.15) is 0 Å². The topological polar surface area (TPSA) is 79.7 Å². The van der Waals surface area contributed by atoms with Crippen LogP contribution in [0.3, 0.4) is 0 Å². The van der Waals surface area contributed by atoms with Crippen LogP contribution in [0, 0.1) is 0 Å². The molecule has 0 aliphatic rings. The Morgan fingerprint density at radius 3 is 2.56 bits per heavy atom. The molecule has 100 valence electrons. The van der Waals surface area contributed by atoms with Gasteiger partial charge in [-0.05, 0) is 27.7 Å². The maximum absolute atomic E-state index is 12.0. The van der Waals surface area contributed by atoms with E-state index < -0.39 is 17.7 Å². The van der Waals surface area contributed by atoms with E-state index in [1.165, 1.54) is 10.4 Å². The molecule has 1 aromatic rings. The minimum absolute atomic E-state index is 0.132. The molecule has 0 bridgehead atoms. The number of rotatable bonds is 3. The minimum atomic E-state index is -1.16. The third kappa shape index (κ3) is 3.43. The second kappa shape index (κ2) is 5.34. The summed E-state index contributed by atoms with van der Waals surface area (Å²) in [6, 6.07) is 0. The zero-order chi connectivity index (χ0) is 13.9. The van der Waals surface area contributed by atoms with Crippen LogP contribution in [0.4, 0.5) is 9.80 Å². The largest absolute Gasteiger partial charge is 0.476 e. The summed E-state index contributed by atoms with van der Waals surface area (Å²) in [4.78, 5) is 27.9. The molecule has 0 radical (unpaired) electrons. The zero-order valence-electron chi connectivity index (χ0n) is 10.8. The molecule has 1 amide bonds. The molecule has 0 aliphatic carbocycles. The van der Waals surface area contributed by atoms with Crippen molar-refractivity contribution in [1.82, 2.24) is 4.98 Å². The summed E-state index contributed by atoms with van der Waals surface area (Å²) in [5, 5.41) is 9.27. The molecule has 18 heavy (non-hydrogen) atoms. The fourth-order valence-electron chi connectivity index (χ4n) is 1.25. The van der Waals surface area contributed by atoms with E-state index in [1.54, 1.807) is 27.7 Å². The van der Waals surface area contributed by atoms with Crippen molar-refractivity contribution in [3.05, 3.63) is 11.2 Å². The lowest BCUT2D eigenvalue weighted by atomic mass is 10.2. The number of hydrogen-bond donors (Lipinski definition) is 1. The molecule has 0 aliphatic heterocycles. The highest BCUT2D eigenvalue weighted by molar-refractivity contribution is 7.14. The molecule has 1 aromatic heterocycles. The molecule has 1 N–H and O–H groups in total. The smallest absolute Gasteiger partial charge is 0.415 e. The predicted molar refractivity (Wildman–Crippen MR) is 68.3 cm³/mol. The van der Waals surface area contributed by atoms with Crippen LogP contribution in [-0.4, -0.2) is 34.3 Å². The first-order valence-corrected chi connectivity index (χ1v) is 6.31. The molecule has 0 spiro atoms. The lowest BCUT2D eigenvalue weighted by Crippen LogP contribution is -2.37. The number of thiazole rings is 1. The quantitative estimate of drug-likeness (QED) is 0.914. The van der Waals surface area contributed by atoms with Crippen LogP contribution in [0.1, 0.15) is 38.2 Å². The van der Waals surface area contributed by atoms with Crippen LogP contribution >= 0.6 is 11.3 Å². The van der Waals surface area contributed by atoms with E-state index in [-0.39, 0.29) is 5.69 Å². The van der Waals surface area contributed by atoms with E-state index in [4.69, 9.17) is 9.84 Å². The van der Waals surface area contributed by atoms with Crippen LogP contribution in [0.5, 0.6) is 0 Å². The van der Waals surface area contributed by atoms with Crippen molar-refractivity contribution in [2.24, 2.45) is 0 Å². The first kappa shape index (κ1) is 14.4. The van der Waals surface area contributed by atoms with E-state index in [0.717, 1.165) is 11.3 Å². The Hall–Kier alpha value is -1.63. The fraction of sp³-hybridized carbons (Fsp3) is 0.545. The monoisotopic (exact) mass is 272 g/mol. The molecule has 0 unspecified atom stereocenters. The van der Waals surface area contributed by atoms with E-state index in [2.05, 4.69) is 4.98 Å². The minimum Gasteiger partial charge on any atom is -0.476 e. The maximum atomic E-state index is 12.0. The van der Waals surface area contributed by atoms with Gasteiger partial charge in [0, 0.05) is 6.54 Å². The Morgan fingerprint density at radius 2 is 2.11 bits per heavy atom. The maximum Gasteiger partial charge on any atom is 0.415 e. The molecule has 0 fully saturated rings. The molecule has 0 saturated heterocycles. The lowest BCUT2D eigenvalue weighted by Gasteiger charge is -2.25. The van der Waals surface area contributed by atoms with Crippen molar-refractivity contribution in [2.45, 2.75) is 33.3 Å². The standard InChI is InChI=1S/C11H16N2O4S/c1-5-13(10(16)17-11(2,3)4)8-7(9(14)15)12-6-18-8/h6H,5H2,1-4H3,(H,14,15). The number of carboxylic acids is 1. The van der Waals surface area contributed by atoms with Crippen molar-refractivity contribution >= 4 is 28.4 Å². The number of aromatic nitrogens is 1. The van der Waals surface area contributed by atoms with Gasteiger partial charge in [0.2, 0.25) is 0 Å². The molecular formula is C11H16N2O4S. The summed E-state index contributed by atoms with van der Waals surface area (Å²) < 4.78 is 5.22. The Labute approximate surface area is 109 Å².